The van der Waals surface area contributed by atoms with Crippen LogP contribution in [0.2, 0.25) is 10.0 Å². The van der Waals surface area contributed by atoms with E-state index in [1.165, 1.54) is 22.5 Å². The van der Waals surface area contributed by atoms with Crippen molar-refractivity contribution in [3.05, 3.63) is 59.1 Å². The molecule has 2 aromatic carbocycles. The van der Waals surface area contributed by atoms with Gasteiger partial charge in [-0.15, -0.1) is 6.58 Å². The molecule has 2 heterocycles. The zero-order valence-corrected chi connectivity index (χ0v) is 22.9. The molecule has 0 N–H and O–H groups in total. The van der Waals surface area contributed by atoms with Gasteiger partial charge in [0.1, 0.15) is 18.4 Å². The van der Waals surface area contributed by atoms with Gasteiger partial charge in [0.15, 0.2) is 11.5 Å². The van der Waals surface area contributed by atoms with Gasteiger partial charge in [0.2, 0.25) is 15.9 Å². The number of hydrogen-bond donors (Lipinski definition) is 0. The van der Waals surface area contributed by atoms with Crippen LogP contribution in [0, 0.1) is 11.3 Å². The SMILES string of the molecule is C=CC1CN(CCOc2ccc(OC)c(OC)c2)C(=O)C2N(S(=O)(=O)c3cc(Cl)cc(Cl)c3)C3CCC132. The van der Waals surface area contributed by atoms with Gasteiger partial charge in [-0.25, -0.2) is 8.42 Å². The van der Waals surface area contributed by atoms with Gasteiger partial charge in [0, 0.05) is 40.0 Å². The summed E-state index contributed by atoms with van der Waals surface area (Å²) in [5.74, 6) is 1.45. The smallest absolute Gasteiger partial charge is 0.244 e. The van der Waals surface area contributed by atoms with E-state index >= 15 is 0 Å². The Morgan fingerprint density at radius 1 is 1.11 bits per heavy atom. The van der Waals surface area contributed by atoms with Gasteiger partial charge in [-0.05, 0) is 43.2 Å². The lowest BCUT2D eigenvalue weighted by Crippen LogP contribution is -2.85. The highest BCUT2D eigenvalue weighted by atomic mass is 35.5. The van der Waals surface area contributed by atoms with Crippen molar-refractivity contribution in [1.82, 2.24) is 9.21 Å². The van der Waals surface area contributed by atoms with Crippen LogP contribution in [0.3, 0.4) is 0 Å². The number of hydrogen-bond acceptors (Lipinski definition) is 6. The van der Waals surface area contributed by atoms with Crippen molar-refractivity contribution in [2.45, 2.75) is 29.8 Å². The lowest BCUT2D eigenvalue weighted by Gasteiger charge is -2.73. The Bertz CT molecular complexity index is 1330. The number of ether oxygens (including phenoxy) is 3. The van der Waals surface area contributed by atoms with Crippen molar-refractivity contribution in [3.8, 4) is 17.2 Å². The molecule has 4 unspecified atom stereocenters. The molecule has 37 heavy (non-hydrogen) atoms. The quantitative estimate of drug-likeness (QED) is 0.422. The molecule has 0 aromatic heterocycles. The molecular formula is C26H28Cl2N2O6S. The van der Waals surface area contributed by atoms with E-state index in [0.717, 1.165) is 6.42 Å². The van der Waals surface area contributed by atoms with Crippen molar-refractivity contribution in [3.63, 3.8) is 0 Å². The number of benzene rings is 2. The van der Waals surface area contributed by atoms with Crippen LogP contribution in [0.5, 0.6) is 17.2 Å². The summed E-state index contributed by atoms with van der Waals surface area (Å²) in [6.45, 7) is 5.01. The first-order valence-electron chi connectivity index (χ1n) is 11.9. The number of methoxy groups -OCH3 is 2. The number of piperidine rings is 2. The summed E-state index contributed by atoms with van der Waals surface area (Å²) in [5.41, 5.74) is -0.422. The summed E-state index contributed by atoms with van der Waals surface area (Å²) in [7, 11) is -0.893. The normalized spacial score (nSPS) is 26.9. The van der Waals surface area contributed by atoms with Crippen molar-refractivity contribution in [2.75, 3.05) is 33.9 Å². The van der Waals surface area contributed by atoms with Crippen LogP contribution in [0.1, 0.15) is 12.8 Å². The van der Waals surface area contributed by atoms with Crippen LogP contribution in [0.4, 0.5) is 0 Å². The fourth-order valence-corrected chi connectivity index (χ4v) is 8.70. The Morgan fingerprint density at radius 2 is 1.81 bits per heavy atom. The van der Waals surface area contributed by atoms with Crippen molar-refractivity contribution in [1.29, 1.82) is 0 Å². The topological polar surface area (TPSA) is 85.4 Å². The zero-order valence-electron chi connectivity index (χ0n) is 20.5. The fraction of sp³-hybridized carbons (Fsp3) is 0.423. The van der Waals surface area contributed by atoms with Gasteiger partial charge in [-0.3, -0.25) is 4.79 Å². The molecule has 0 radical (unpaired) electrons. The number of sulfonamides is 1. The summed E-state index contributed by atoms with van der Waals surface area (Å²) >= 11 is 12.2. The average molecular weight is 567 g/mol. The van der Waals surface area contributed by atoms with Crippen molar-refractivity contribution in [2.24, 2.45) is 11.3 Å². The second-order valence-corrected chi connectivity index (χ2v) is 12.2. The average Bonchev–Trinajstić information content (AvgIpc) is 2.86. The number of carbonyl (C=O) groups is 1. The second-order valence-electron chi connectivity index (χ2n) is 9.50. The molecule has 3 fully saturated rings. The molecule has 4 atom stereocenters. The molecule has 0 bridgehead atoms. The maximum absolute atomic E-state index is 13.7. The third kappa shape index (κ3) is 4.07. The minimum absolute atomic E-state index is 0.0117. The van der Waals surface area contributed by atoms with Crippen LogP contribution in [-0.4, -0.2) is 69.5 Å². The zero-order chi connectivity index (χ0) is 26.5. The number of nitrogens with zero attached hydrogens (tertiary/aromatic N) is 2. The summed E-state index contributed by atoms with van der Waals surface area (Å²) in [6, 6.07) is 8.38. The predicted molar refractivity (Wildman–Crippen MR) is 140 cm³/mol. The number of amides is 1. The van der Waals surface area contributed by atoms with Crippen LogP contribution < -0.4 is 14.2 Å². The monoisotopic (exact) mass is 566 g/mol. The molecular weight excluding hydrogens is 539 g/mol. The van der Waals surface area contributed by atoms with E-state index in [1.807, 2.05) is 6.08 Å². The van der Waals surface area contributed by atoms with E-state index < -0.39 is 21.5 Å². The largest absolute Gasteiger partial charge is 0.493 e. The molecule has 1 spiro atoms. The highest BCUT2D eigenvalue weighted by Gasteiger charge is 2.75. The molecule has 2 aromatic rings. The van der Waals surface area contributed by atoms with Gasteiger partial charge < -0.3 is 19.1 Å². The van der Waals surface area contributed by atoms with Crippen LogP contribution in [-0.2, 0) is 14.8 Å². The Hall–Kier alpha value is -2.46. The molecule has 1 aliphatic carbocycles. The van der Waals surface area contributed by atoms with Crippen LogP contribution >= 0.6 is 23.2 Å². The van der Waals surface area contributed by atoms with Gasteiger partial charge in [0.25, 0.3) is 0 Å². The Labute approximate surface area is 226 Å². The summed E-state index contributed by atoms with van der Waals surface area (Å²) in [4.78, 5) is 15.4. The molecule has 8 nitrogen and oxygen atoms in total. The standard InChI is InChI=1S/C26H28Cl2N2O6S/c1-4-16-15-29(9-10-36-19-5-6-21(34-2)22(14-19)35-3)25(31)24-26(16)8-7-23(26)30(24)37(32,33)20-12-17(27)11-18(28)13-20/h4-6,11-14,16,23-24H,1,7-10,15H2,2-3H3. The lowest BCUT2D eigenvalue weighted by molar-refractivity contribution is -0.216. The minimum atomic E-state index is -3.99. The molecule has 5 rings (SSSR count). The maximum atomic E-state index is 13.7. The molecule has 2 saturated heterocycles. The van der Waals surface area contributed by atoms with Crippen molar-refractivity contribution >= 4 is 39.1 Å². The van der Waals surface area contributed by atoms with Gasteiger partial charge in [-0.1, -0.05) is 29.3 Å². The van der Waals surface area contributed by atoms with Gasteiger partial charge in [-0.2, -0.15) is 4.31 Å². The summed E-state index contributed by atoms with van der Waals surface area (Å²) in [5, 5.41) is 0.443. The first-order chi connectivity index (χ1) is 17.7. The summed E-state index contributed by atoms with van der Waals surface area (Å²) < 4.78 is 45.2. The third-order valence-corrected chi connectivity index (χ3v) is 10.2. The van der Waals surface area contributed by atoms with Crippen LogP contribution in [0.25, 0.3) is 0 Å². The molecule has 1 saturated carbocycles. The Morgan fingerprint density at radius 3 is 2.41 bits per heavy atom. The fourth-order valence-electron chi connectivity index (χ4n) is 6.05. The Balaban J connectivity index is 1.36. The first-order valence-corrected chi connectivity index (χ1v) is 14.1. The molecule has 2 aliphatic heterocycles. The molecule has 198 valence electrons. The molecule has 1 amide bonds. The number of rotatable bonds is 9. The van der Waals surface area contributed by atoms with E-state index in [4.69, 9.17) is 37.4 Å². The molecule has 3 aliphatic rings. The minimum Gasteiger partial charge on any atom is -0.493 e. The number of carbonyl (C=O) groups excluding carboxylic acids is 1. The predicted octanol–water partition coefficient (Wildman–Crippen LogP) is 4.26. The number of likely N-dealkylation sites (tertiary alicyclic amines) is 1. The van der Waals surface area contributed by atoms with E-state index in [-0.39, 0.29) is 39.4 Å². The summed E-state index contributed by atoms with van der Waals surface area (Å²) in [6.07, 6.45) is 3.33. The highest BCUT2D eigenvalue weighted by Crippen LogP contribution is 2.65. The van der Waals surface area contributed by atoms with E-state index in [1.54, 1.807) is 37.3 Å². The highest BCUT2D eigenvalue weighted by molar-refractivity contribution is 7.89. The van der Waals surface area contributed by atoms with E-state index in [0.29, 0.717) is 36.8 Å². The van der Waals surface area contributed by atoms with Gasteiger partial charge >= 0.3 is 0 Å². The van der Waals surface area contributed by atoms with Crippen LogP contribution in [0.15, 0.2) is 53.9 Å². The van der Waals surface area contributed by atoms with E-state index in [9.17, 15) is 13.2 Å². The Kier molecular flexibility index (Phi) is 6.85. The van der Waals surface area contributed by atoms with E-state index in [2.05, 4.69) is 6.58 Å². The first kappa shape index (κ1) is 26.2. The second kappa shape index (κ2) is 9.69. The molecule has 11 heteroatoms. The van der Waals surface area contributed by atoms with Gasteiger partial charge in [0.05, 0.1) is 25.7 Å². The number of halogens is 2. The lowest BCUT2D eigenvalue weighted by atomic mass is 9.46. The maximum Gasteiger partial charge on any atom is 0.244 e. The van der Waals surface area contributed by atoms with Crippen molar-refractivity contribution < 1.29 is 27.4 Å². The third-order valence-electron chi connectivity index (χ3n) is 7.88.